The van der Waals surface area contributed by atoms with Crippen molar-refractivity contribution >= 4 is 34.3 Å². The van der Waals surface area contributed by atoms with Crippen LogP contribution in [-0.2, 0) is 11.2 Å². The van der Waals surface area contributed by atoms with Gasteiger partial charge in [-0.05, 0) is 98.1 Å². The number of aromatic amines is 1. The average molecular weight is 651 g/mol. The van der Waals surface area contributed by atoms with E-state index in [1.165, 1.54) is 17.7 Å². The molecule has 0 saturated heterocycles. The van der Waals surface area contributed by atoms with Crippen LogP contribution in [0.25, 0.3) is 17.0 Å². The normalized spacial score (nSPS) is 11.9. The molecule has 10 nitrogen and oxygen atoms in total. The van der Waals surface area contributed by atoms with E-state index < -0.39 is 12.1 Å². The van der Waals surface area contributed by atoms with E-state index in [4.69, 9.17) is 15.6 Å². The molecule has 48 heavy (non-hydrogen) atoms. The number of carbonyl (C=O) groups is 1. The van der Waals surface area contributed by atoms with E-state index in [0.717, 1.165) is 35.2 Å². The molecule has 5 aromatic rings. The van der Waals surface area contributed by atoms with Crippen LogP contribution in [-0.4, -0.2) is 51.5 Å². The van der Waals surface area contributed by atoms with Crippen LogP contribution in [0, 0.1) is 0 Å². The van der Waals surface area contributed by atoms with Gasteiger partial charge in [-0.1, -0.05) is 48.5 Å². The van der Waals surface area contributed by atoms with Gasteiger partial charge in [0.25, 0.3) is 0 Å². The zero-order chi connectivity index (χ0) is 34.5. The lowest BCUT2D eigenvalue weighted by molar-refractivity contribution is -0.131. The summed E-state index contributed by atoms with van der Waals surface area (Å²) < 4.78 is 5.71. The van der Waals surface area contributed by atoms with Gasteiger partial charge >= 0.3 is 5.97 Å². The summed E-state index contributed by atoms with van der Waals surface area (Å²) in [6, 6.07) is 31.5. The van der Waals surface area contributed by atoms with Crippen LogP contribution in [0.3, 0.4) is 0 Å². The van der Waals surface area contributed by atoms with Gasteiger partial charge in [0, 0.05) is 41.0 Å². The number of fused-ring (bicyclic) bond motifs is 1. The summed E-state index contributed by atoms with van der Waals surface area (Å²) in [6.07, 6.45) is 2.71. The van der Waals surface area contributed by atoms with Crippen molar-refractivity contribution in [2.75, 3.05) is 25.0 Å². The van der Waals surface area contributed by atoms with E-state index in [2.05, 4.69) is 27.8 Å². The topological polar surface area (TPSA) is 170 Å². The number of aromatic hydroxyl groups is 1. The maximum Gasteiger partial charge on any atom is 0.328 e. The largest absolute Gasteiger partial charge is 0.506 e. The molecule has 1 aromatic heterocycles. The van der Waals surface area contributed by atoms with Crippen molar-refractivity contribution < 1.29 is 24.9 Å². The first-order valence-electron chi connectivity index (χ1n) is 15.5. The van der Waals surface area contributed by atoms with Crippen LogP contribution in [0.5, 0.6) is 11.5 Å². The number of pyridine rings is 1. The Morgan fingerprint density at radius 1 is 0.938 bits per heavy atom. The Kier molecular flexibility index (Phi) is 12.5. The van der Waals surface area contributed by atoms with E-state index in [1.807, 2.05) is 80.6 Å². The minimum absolute atomic E-state index is 0.0211. The van der Waals surface area contributed by atoms with Crippen LogP contribution >= 0.6 is 0 Å². The predicted octanol–water partition coefficient (Wildman–Crippen LogP) is 5.74. The number of aliphatic hydroxyl groups excluding tert-OH is 1. The highest BCUT2D eigenvalue weighted by Gasteiger charge is 2.14. The summed E-state index contributed by atoms with van der Waals surface area (Å²) in [5, 5.41) is 36.3. The van der Waals surface area contributed by atoms with E-state index in [-0.39, 0.29) is 16.8 Å². The monoisotopic (exact) mass is 650 g/mol. The van der Waals surface area contributed by atoms with Crippen LogP contribution in [0.1, 0.15) is 36.6 Å². The molecule has 10 heteroatoms. The number of aliphatic hydroxyl groups is 1. The van der Waals surface area contributed by atoms with Crippen LogP contribution in [0.4, 0.5) is 11.4 Å². The molecule has 0 saturated carbocycles. The standard InChI is InChI=1S/C29H34N4O4.C9H8O2/c1-29(2,30)18-37-22-9-7-21(8-10-22)32-20-5-3-19(4-6-20)15-16-31-17-26(35)23-11-13-25(34)28-24(23)12-14-27(36)33-28;10-9(11)7-6-8-4-2-1-3-5-8/h3-14,26,31-32,34-35H,15-18,30H2,1-2H3,(H,33,36);1-7H,(H,10,11)/t26-;/m0./s1. The molecule has 1 atom stereocenters. The van der Waals surface area contributed by atoms with Crippen molar-refractivity contribution in [2.45, 2.75) is 31.9 Å². The Balaban J connectivity index is 0.000000401. The highest BCUT2D eigenvalue weighted by atomic mass is 16.5. The number of phenols is 1. The molecule has 8 N–H and O–H groups in total. The number of hydrogen-bond acceptors (Lipinski definition) is 8. The molecule has 0 unspecified atom stereocenters. The molecule has 4 aromatic carbocycles. The van der Waals surface area contributed by atoms with Gasteiger partial charge < -0.3 is 41.4 Å². The number of rotatable bonds is 13. The number of nitrogens with one attached hydrogen (secondary N) is 3. The van der Waals surface area contributed by atoms with Gasteiger partial charge in [0.2, 0.25) is 5.56 Å². The number of aliphatic carboxylic acids is 1. The minimum atomic E-state index is -0.922. The molecule has 0 spiro atoms. The number of hydrogen-bond donors (Lipinski definition) is 7. The second-order valence-electron chi connectivity index (χ2n) is 12.0. The van der Waals surface area contributed by atoms with Gasteiger partial charge in [0.15, 0.2) is 0 Å². The molecule has 0 bridgehead atoms. The molecular formula is C38H42N4O6. The lowest BCUT2D eigenvalue weighted by Crippen LogP contribution is -2.38. The van der Waals surface area contributed by atoms with Gasteiger partial charge in [-0.2, -0.15) is 0 Å². The number of H-pyrrole nitrogens is 1. The first-order chi connectivity index (χ1) is 23.0. The van der Waals surface area contributed by atoms with Crippen molar-refractivity contribution in [1.29, 1.82) is 0 Å². The first-order valence-corrected chi connectivity index (χ1v) is 15.5. The summed E-state index contributed by atoms with van der Waals surface area (Å²) in [5.74, 6) is -0.161. The molecule has 0 fully saturated rings. The lowest BCUT2D eigenvalue weighted by atomic mass is 10.0. The fraction of sp³-hybridized carbons (Fsp3) is 0.211. The lowest BCUT2D eigenvalue weighted by Gasteiger charge is -2.19. The summed E-state index contributed by atoms with van der Waals surface area (Å²) >= 11 is 0. The fourth-order valence-corrected chi connectivity index (χ4v) is 4.69. The maximum atomic E-state index is 11.6. The molecule has 1 heterocycles. The molecule has 0 radical (unpaired) electrons. The number of anilines is 2. The van der Waals surface area contributed by atoms with Gasteiger partial charge in [0.05, 0.1) is 11.6 Å². The number of carboxylic acids is 1. The Hall–Kier alpha value is -5.42. The van der Waals surface area contributed by atoms with E-state index in [0.29, 0.717) is 36.2 Å². The smallest absolute Gasteiger partial charge is 0.328 e. The number of carboxylic acid groups (broad SMARTS) is 1. The molecule has 0 aliphatic carbocycles. The van der Waals surface area contributed by atoms with Crippen molar-refractivity contribution in [1.82, 2.24) is 10.3 Å². The Morgan fingerprint density at radius 3 is 2.25 bits per heavy atom. The second-order valence-corrected chi connectivity index (χ2v) is 12.0. The SMILES string of the molecule is CC(C)(N)COc1ccc(Nc2ccc(CCNC[C@H](O)c3ccc(O)c4[nH]c(=O)ccc34)cc2)cc1.O=C(O)C=Cc1ccccc1. The van der Waals surface area contributed by atoms with Crippen LogP contribution in [0.15, 0.2) is 114 Å². The van der Waals surface area contributed by atoms with Gasteiger partial charge in [0.1, 0.15) is 18.1 Å². The molecule has 250 valence electrons. The van der Waals surface area contributed by atoms with Crippen molar-refractivity contribution in [3.63, 3.8) is 0 Å². The maximum absolute atomic E-state index is 11.6. The predicted molar refractivity (Wildman–Crippen MR) is 191 cm³/mol. The summed E-state index contributed by atoms with van der Waals surface area (Å²) in [7, 11) is 0. The third kappa shape index (κ3) is 11.4. The van der Waals surface area contributed by atoms with E-state index in [9.17, 15) is 19.8 Å². The summed E-state index contributed by atoms with van der Waals surface area (Å²) in [4.78, 5) is 24.3. The zero-order valence-corrected chi connectivity index (χ0v) is 27.0. The van der Waals surface area contributed by atoms with Crippen molar-refractivity contribution in [3.8, 4) is 11.5 Å². The Morgan fingerprint density at radius 2 is 1.60 bits per heavy atom. The van der Waals surface area contributed by atoms with Crippen molar-refractivity contribution in [2.24, 2.45) is 5.73 Å². The van der Waals surface area contributed by atoms with Gasteiger partial charge in [-0.25, -0.2) is 4.79 Å². The molecule has 5 rings (SSSR count). The quantitative estimate of drug-likeness (QED) is 0.0620. The highest BCUT2D eigenvalue weighted by molar-refractivity contribution is 5.87. The number of benzene rings is 4. The average Bonchev–Trinajstić information content (AvgIpc) is 3.07. The molecular weight excluding hydrogens is 608 g/mol. The van der Waals surface area contributed by atoms with E-state index >= 15 is 0 Å². The van der Waals surface area contributed by atoms with Crippen molar-refractivity contribution in [3.05, 3.63) is 136 Å². The van der Waals surface area contributed by atoms with Gasteiger partial charge in [-0.15, -0.1) is 0 Å². The van der Waals surface area contributed by atoms with E-state index in [1.54, 1.807) is 18.2 Å². The molecule has 0 aliphatic rings. The zero-order valence-electron chi connectivity index (χ0n) is 27.0. The molecule has 0 aliphatic heterocycles. The summed E-state index contributed by atoms with van der Waals surface area (Å²) in [6.45, 7) is 5.34. The Labute approximate surface area is 279 Å². The summed E-state index contributed by atoms with van der Waals surface area (Å²) in [5.41, 5.74) is 10.3. The highest BCUT2D eigenvalue weighted by Crippen LogP contribution is 2.28. The van der Waals surface area contributed by atoms with Crippen LogP contribution in [0.2, 0.25) is 0 Å². The third-order valence-corrected chi connectivity index (χ3v) is 7.12. The van der Waals surface area contributed by atoms with Crippen LogP contribution < -0.4 is 26.7 Å². The number of aromatic nitrogens is 1. The Bertz CT molecular complexity index is 1850. The molecule has 0 amide bonds. The third-order valence-electron chi connectivity index (χ3n) is 7.12. The second kappa shape index (κ2) is 16.9. The fourth-order valence-electron chi connectivity index (χ4n) is 4.69. The number of phenolic OH excluding ortho intramolecular Hbond substituents is 1. The first kappa shape index (κ1) is 35.4. The number of nitrogens with two attached hydrogens (primary N) is 1. The van der Waals surface area contributed by atoms with Gasteiger partial charge in [-0.3, -0.25) is 4.79 Å². The number of ether oxygens (including phenoxy) is 1. The minimum Gasteiger partial charge on any atom is -0.506 e.